The van der Waals surface area contributed by atoms with E-state index in [9.17, 15) is 9.59 Å². The third kappa shape index (κ3) is 7.60. The Morgan fingerprint density at radius 1 is 1.11 bits per heavy atom. The van der Waals surface area contributed by atoms with Gasteiger partial charge in [0.05, 0.1) is 6.54 Å². The van der Waals surface area contributed by atoms with Gasteiger partial charge in [-0.05, 0) is 36.5 Å². The van der Waals surface area contributed by atoms with Gasteiger partial charge < -0.3 is 19.3 Å². The average molecular weight is 406 g/mol. The second-order valence-electron chi connectivity index (χ2n) is 7.98. The van der Waals surface area contributed by atoms with Crippen molar-refractivity contribution in [1.29, 1.82) is 0 Å². The van der Waals surface area contributed by atoms with Gasteiger partial charge >= 0.3 is 6.09 Å². The van der Waals surface area contributed by atoms with Gasteiger partial charge in [-0.25, -0.2) is 4.79 Å². The largest absolute Gasteiger partial charge is 0.445 e. The summed E-state index contributed by atoms with van der Waals surface area (Å²) in [5, 5.41) is 2.66. The smallest absolute Gasteiger partial charge is 0.407 e. The molecule has 1 atom stereocenters. The van der Waals surface area contributed by atoms with Gasteiger partial charge in [0.1, 0.15) is 19.0 Å². The Kier molecular flexibility index (Phi) is 10.2. The van der Waals surface area contributed by atoms with Crippen LogP contribution in [0.2, 0.25) is 17.1 Å². The third-order valence-electron chi connectivity index (χ3n) is 4.97. The first-order valence-corrected chi connectivity index (χ1v) is 12.2. The number of aldehydes is 1. The molecule has 1 N–H and O–H groups in total. The molecule has 0 fully saturated rings. The van der Waals surface area contributed by atoms with E-state index < -0.39 is 20.5 Å². The van der Waals surface area contributed by atoms with E-state index in [1.807, 2.05) is 30.3 Å². The van der Waals surface area contributed by atoms with Crippen LogP contribution < -0.4 is 5.32 Å². The lowest BCUT2D eigenvalue weighted by Gasteiger charge is -2.40. The van der Waals surface area contributed by atoms with E-state index in [1.54, 1.807) is 0 Å². The maximum Gasteiger partial charge on any atom is 0.407 e. The average Bonchev–Trinajstić information content (AvgIpc) is 2.66. The third-order valence-corrected chi connectivity index (χ3v) is 10.5. The highest BCUT2D eigenvalue weighted by Gasteiger charge is 2.43. The summed E-state index contributed by atoms with van der Waals surface area (Å²) in [5.41, 5.74) is 2.84. The number of hydrogen-bond acceptors (Lipinski definition) is 4. The van der Waals surface area contributed by atoms with Crippen LogP contribution in [0.25, 0.3) is 0 Å². The number of nitrogens with one attached hydrogen (secondary N) is 1. The van der Waals surface area contributed by atoms with Gasteiger partial charge in [-0.15, -0.1) is 0 Å². The molecule has 0 saturated heterocycles. The van der Waals surface area contributed by atoms with Crippen LogP contribution in [-0.2, 0) is 20.6 Å². The van der Waals surface area contributed by atoms with Crippen molar-refractivity contribution in [3.63, 3.8) is 0 Å². The molecule has 0 aliphatic rings. The van der Waals surface area contributed by atoms with Crippen molar-refractivity contribution in [1.82, 2.24) is 5.32 Å². The summed E-state index contributed by atoms with van der Waals surface area (Å²) in [5.74, 6) is 0. The van der Waals surface area contributed by atoms with Crippen molar-refractivity contribution in [3.8, 4) is 0 Å². The number of rotatable bonds is 11. The number of alkyl carbamates (subject to hydrolysis) is 1. The first-order valence-electron chi connectivity index (χ1n) is 9.92. The van der Waals surface area contributed by atoms with E-state index >= 15 is 0 Å². The summed E-state index contributed by atoms with van der Waals surface area (Å²) in [6, 6.07) is 10.3. The van der Waals surface area contributed by atoms with Gasteiger partial charge in [0.25, 0.3) is 0 Å². The zero-order valence-electron chi connectivity index (χ0n) is 18.0. The fourth-order valence-electron chi connectivity index (χ4n) is 3.18. The van der Waals surface area contributed by atoms with Crippen molar-refractivity contribution >= 4 is 20.7 Å². The maximum atomic E-state index is 12.0. The minimum Gasteiger partial charge on any atom is -0.445 e. The molecule has 1 aromatic rings. The van der Waals surface area contributed by atoms with Gasteiger partial charge in [0, 0.05) is 0 Å². The van der Waals surface area contributed by atoms with Crippen LogP contribution in [0.4, 0.5) is 4.79 Å². The highest BCUT2D eigenvalue weighted by atomic mass is 28.4. The van der Waals surface area contributed by atoms with Crippen LogP contribution in [-0.4, -0.2) is 33.3 Å². The van der Waals surface area contributed by atoms with Crippen LogP contribution in [0.1, 0.15) is 47.1 Å². The standard InChI is InChI=1S/C22H35NO4Si/c1-17(2)12-13-28(18(3)4,19(5)6)27-21(15-24)14-23-22(25)26-16-20-10-8-7-9-11-20/h7-12,15,18-19,21H,13-14,16H2,1-6H3,(H,23,25)/t21-/m0/s1. The monoisotopic (exact) mass is 405 g/mol. The number of carbonyl (C=O) groups excluding carboxylic acids is 2. The molecule has 1 aromatic carbocycles. The topological polar surface area (TPSA) is 64.6 Å². The van der Waals surface area contributed by atoms with E-state index in [-0.39, 0.29) is 13.2 Å². The summed E-state index contributed by atoms with van der Waals surface area (Å²) in [6.07, 6.45) is 1.76. The molecule has 0 saturated carbocycles. The van der Waals surface area contributed by atoms with E-state index in [0.29, 0.717) is 11.1 Å². The van der Waals surface area contributed by atoms with Crippen LogP contribution in [0.5, 0.6) is 0 Å². The lowest BCUT2D eigenvalue weighted by atomic mass is 10.2. The highest BCUT2D eigenvalue weighted by Crippen LogP contribution is 2.38. The predicted octanol–water partition coefficient (Wildman–Crippen LogP) is 5.23. The van der Waals surface area contributed by atoms with Crippen molar-refractivity contribution < 1.29 is 18.8 Å². The number of benzene rings is 1. The van der Waals surface area contributed by atoms with Gasteiger partial charge in [0.2, 0.25) is 8.32 Å². The van der Waals surface area contributed by atoms with Crippen LogP contribution in [0.15, 0.2) is 42.0 Å². The Morgan fingerprint density at radius 3 is 2.21 bits per heavy atom. The van der Waals surface area contributed by atoms with E-state index in [0.717, 1.165) is 17.9 Å². The van der Waals surface area contributed by atoms with Crippen molar-refractivity contribution in [3.05, 3.63) is 47.5 Å². The molecule has 0 spiro atoms. The Bertz CT molecular complexity index is 631. The minimum absolute atomic E-state index is 0.111. The van der Waals surface area contributed by atoms with Crippen LogP contribution in [0, 0.1) is 0 Å². The fourth-order valence-corrected chi connectivity index (χ4v) is 7.53. The van der Waals surface area contributed by atoms with E-state index in [2.05, 4.69) is 52.9 Å². The predicted molar refractivity (Wildman–Crippen MR) is 116 cm³/mol. The Morgan fingerprint density at radius 2 is 1.71 bits per heavy atom. The summed E-state index contributed by atoms with van der Waals surface area (Å²) >= 11 is 0. The summed E-state index contributed by atoms with van der Waals surface area (Å²) < 4.78 is 11.6. The summed E-state index contributed by atoms with van der Waals surface area (Å²) in [4.78, 5) is 23.6. The van der Waals surface area contributed by atoms with Crippen LogP contribution in [0.3, 0.4) is 0 Å². The molecule has 28 heavy (non-hydrogen) atoms. The quantitative estimate of drug-likeness (QED) is 0.311. The molecule has 0 heterocycles. The maximum absolute atomic E-state index is 12.0. The Balaban J connectivity index is 2.69. The molecule has 156 valence electrons. The van der Waals surface area contributed by atoms with Crippen molar-refractivity contribution in [2.24, 2.45) is 0 Å². The van der Waals surface area contributed by atoms with Gasteiger partial charge in [-0.3, -0.25) is 0 Å². The SMILES string of the molecule is CC(C)=CC[Si](O[C@H](C=O)CNC(=O)OCc1ccccc1)(C(C)C)C(C)C. The number of amides is 1. The number of ether oxygens (including phenoxy) is 1. The van der Waals surface area contributed by atoms with Gasteiger partial charge in [-0.2, -0.15) is 0 Å². The van der Waals surface area contributed by atoms with Crippen molar-refractivity contribution in [2.45, 2.75) is 71.4 Å². The van der Waals surface area contributed by atoms with Gasteiger partial charge in [0.15, 0.2) is 0 Å². The number of hydrogen-bond donors (Lipinski definition) is 1. The first-order chi connectivity index (χ1) is 13.2. The molecular formula is C22H35NO4Si. The summed E-state index contributed by atoms with van der Waals surface area (Å²) in [7, 11) is -2.24. The highest BCUT2D eigenvalue weighted by molar-refractivity contribution is 6.77. The molecule has 0 aliphatic carbocycles. The molecule has 1 amide bonds. The van der Waals surface area contributed by atoms with E-state index in [4.69, 9.17) is 9.16 Å². The molecule has 0 radical (unpaired) electrons. The van der Waals surface area contributed by atoms with E-state index in [1.165, 1.54) is 5.57 Å². The lowest BCUT2D eigenvalue weighted by molar-refractivity contribution is -0.114. The molecule has 6 heteroatoms. The minimum atomic E-state index is -2.24. The molecule has 1 rings (SSSR count). The number of allylic oxidation sites excluding steroid dienone is 2. The molecule has 0 unspecified atom stereocenters. The molecule has 0 aromatic heterocycles. The van der Waals surface area contributed by atoms with Crippen LogP contribution >= 0.6 is 0 Å². The number of carbonyl (C=O) groups is 2. The molecule has 0 bridgehead atoms. The summed E-state index contributed by atoms with van der Waals surface area (Å²) in [6.45, 7) is 13.1. The van der Waals surface area contributed by atoms with Gasteiger partial charge in [-0.1, -0.05) is 69.7 Å². The Hall–Kier alpha value is -1.92. The second kappa shape index (κ2) is 11.8. The molecular weight excluding hydrogens is 370 g/mol. The fraction of sp³-hybridized carbons (Fsp3) is 0.545. The zero-order chi connectivity index (χ0) is 21.2. The molecule has 0 aliphatic heterocycles. The lowest BCUT2D eigenvalue weighted by Crippen LogP contribution is -2.50. The van der Waals surface area contributed by atoms with Crippen molar-refractivity contribution in [2.75, 3.05) is 6.54 Å². The zero-order valence-corrected chi connectivity index (χ0v) is 19.0. The first kappa shape index (κ1) is 24.1. The second-order valence-corrected chi connectivity index (χ2v) is 12.8. The normalized spacial score (nSPS) is 12.6. The Labute approximate surface area is 170 Å². The molecule has 5 nitrogen and oxygen atoms in total.